The van der Waals surface area contributed by atoms with Crippen LogP contribution in [0.4, 0.5) is 8.78 Å². The van der Waals surface area contributed by atoms with Crippen LogP contribution in [0.15, 0.2) is 84.8 Å². The third-order valence-corrected chi connectivity index (χ3v) is 8.70. The number of nitriles is 1. The number of esters is 1. The molecule has 12 nitrogen and oxygen atoms in total. The summed E-state index contributed by atoms with van der Waals surface area (Å²) in [6.45, 7) is 0.372. The van der Waals surface area contributed by atoms with Gasteiger partial charge in [0.05, 0.1) is 41.0 Å². The van der Waals surface area contributed by atoms with E-state index in [1.54, 1.807) is 36.6 Å². The van der Waals surface area contributed by atoms with Crippen molar-refractivity contribution in [1.29, 1.82) is 5.26 Å². The first-order chi connectivity index (χ1) is 22.5. The number of halogens is 2. The smallest absolute Gasteiger partial charge is 0.756 e. The summed E-state index contributed by atoms with van der Waals surface area (Å²) in [6.07, 6.45) is 2.67. The van der Waals surface area contributed by atoms with Crippen LogP contribution in [0.3, 0.4) is 0 Å². The van der Waals surface area contributed by atoms with E-state index in [-0.39, 0.29) is 52.8 Å². The molecule has 242 valence electrons. The molecule has 0 bridgehead atoms. The Morgan fingerprint density at radius 1 is 1.19 bits per heavy atom. The summed E-state index contributed by atoms with van der Waals surface area (Å²) in [5.41, 5.74) is 0.361. The minimum Gasteiger partial charge on any atom is -0.756 e. The molecule has 2 aromatic heterocycles. The van der Waals surface area contributed by atoms with Crippen LogP contribution in [-0.4, -0.2) is 37.4 Å². The molecule has 0 saturated carbocycles. The first-order valence-electron chi connectivity index (χ1n) is 13.8. The largest absolute Gasteiger partial charge is 1.00 e. The summed E-state index contributed by atoms with van der Waals surface area (Å²) < 4.78 is 58.2. The molecule has 1 unspecified atom stereocenters. The molecular weight excluding hydrogens is 678 g/mol. The molecule has 0 spiro atoms. The maximum Gasteiger partial charge on any atom is 1.00 e. The Balaban J connectivity index is 0.00000520. The van der Waals surface area contributed by atoms with Gasteiger partial charge in [0.15, 0.2) is 6.79 Å². The molecule has 0 aliphatic rings. The molecule has 48 heavy (non-hydrogen) atoms. The monoisotopic (exact) mass is 703 g/mol. The van der Waals surface area contributed by atoms with Gasteiger partial charge in [-0.3, -0.25) is 4.57 Å². The number of carbonyl (C=O) groups excluding carboxylic acids is 1. The van der Waals surface area contributed by atoms with E-state index in [0.717, 1.165) is 17.7 Å². The fourth-order valence-corrected chi connectivity index (χ4v) is 6.12. The second kappa shape index (κ2) is 16.1. The first-order valence-corrected chi connectivity index (χ1v) is 16.2. The number of hydrogen-bond donors (Lipinski definition) is 1. The molecule has 0 radical (unpaired) electrons. The third kappa shape index (κ3) is 9.06. The Kier molecular flexibility index (Phi) is 12.5. The maximum absolute atomic E-state index is 15.7. The number of thiazole rings is 1. The van der Waals surface area contributed by atoms with Crippen LogP contribution in [0.25, 0.3) is 11.3 Å². The van der Waals surface area contributed by atoms with Crippen molar-refractivity contribution in [3.63, 3.8) is 0 Å². The number of phosphoric acid groups is 1. The van der Waals surface area contributed by atoms with Crippen molar-refractivity contribution in [3.05, 3.63) is 124 Å². The third-order valence-electron chi connectivity index (χ3n) is 7.22. The maximum atomic E-state index is 15.7. The van der Waals surface area contributed by atoms with Gasteiger partial charge in [0.1, 0.15) is 29.9 Å². The van der Waals surface area contributed by atoms with Gasteiger partial charge in [-0.2, -0.15) is 10.4 Å². The van der Waals surface area contributed by atoms with Gasteiger partial charge in [0.25, 0.3) is 7.82 Å². The van der Waals surface area contributed by atoms with E-state index in [0.29, 0.717) is 16.3 Å². The van der Waals surface area contributed by atoms with Gasteiger partial charge < -0.3 is 23.8 Å². The normalized spacial score (nSPS) is 14.2. The van der Waals surface area contributed by atoms with E-state index in [9.17, 15) is 18.6 Å². The van der Waals surface area contributed by atoms with E-state index in [1.807, 2.05) is 0 Å². The molecule has 1 N–H and O–H groups in total. The van der Waals surface area contributed by atoms with Gasteiger partial charge in [-0.1, -0.05) is 37.3 Å². The summed E-state index contributed by atoms with van der Waals surface area (Å²) in [5, 5.41) is 15.6. The van der Waals surface area contributed by atoms with Crippen molar-refractivity contribution in [2.45, 2.75) is 31.6 Å². The number of ether oxygens (including phenoxy) is 2. The summed E-state index contributed by atoms with van der Waals surface area (Å²) in [7, 11) is -4.99. The number of aromatic nitrogens is 4. The average molecular weight is 704 g/mol. The predicted octanol–water partition coefficient (Wildman–Crippen LogP) is 2.06. The van der Waals surface area contributed by atoms with Gasteiger partial charge in [0, 0.05) is 28.5 Å². The van der Waals surface area contributed by atoms with Crippen molar-refractivity contribution < 1.29 is 71.5 Å². The molecule has 0 fully saturated rings. The van der Waals surface area contributed by atoms with Crippen LogP contribution in [0.1, 0.15) is 44.9 Å². The molecule has 17 heteroatoms. The predicted molar refractivity (Wildman–Crippen MR) is 161 cm³/mol. The Bertz CT molecular complexity index is 1950. The van der Waals surface area contributed by atoms with Crippen LogP contribution in [0.5, 0.6) is 0 Å². The van der Waals surface area contributed by atoms with Crippen molar-refractivity contribution in [1.82, 2.24) is 19.7 Å². The zero-order valence-corrected chi connectivity index (χ0v) is 29.2. The standard InChI is InChI=1S/C31H26F2N5O7PS.Na/c1-20(29-37-28(15-47-29)23-7-5-21(13-34)6-8-23)31(16-38-18-35-17-36-38,26-10-9-25(32)12-27(26)33)44-19-43-30(39)24-4-2-3-22(11-24)14-45-46(40,41)42;/h2-12,15,17-18,20H,14,16,19H2,1H3,(H2,40,41,42);/q;+1/p-1/t20-,31-;/m1./s1. The van der Waals surface area contributed by atoms with Crippen molar-refractivity contribution in [3.8, 4) is 17.3 Å². The Hall–Kier alpha value is -3.68. The number of nitrogens with zero attached hydrogens (tertiary/aromatic N) is 5. The van der Waals surface area contributed by atoms with E-state index < -0.39 is 50.3 Å². The number of rotatable bonds is 13. The number of carbonyl (C=O) groups is 1. The fourth-order valence-electron chi connectivity index (χ4n) is 4.84. The SMILES string of the molecule is C[C@H](c1nc(-c2ccc(C#N)cc2)cs1)[C@@](Cn1cncn1)(OCOC(=O)c1cccc(COP(=O)([O-])O)c1)c1ccc(F)cc1F.[Na+]. The Morgan fingerprint density at radius 3 is 2.62 bits per heavy atom. The fraction of sp³-hybridized carbons (Fsp3) is 0.194. The molecule has 0 saturated heterocycles. The second-order valence-corrected chi connectivity index (χ2v) is 12.3. The van der Waals surface area contributed by atoms with Gasteiger partial charge in [-0.05, 0) is 35.9 Å². The minimum atomic E-state index is -4.99. The topological polar surface area (TPSA) is 173 Å². The molecule has 3 aromatic carbocycles. The van der Waals surface area contributed by atoms with E-state index >= 15 is 4.39 Å². The minimum absolute atomic E-state index is 0. The molecule has 2 heterocycles. The van der Waals surface area contributed by atoms with E-state index in [2.05, 4.69) is 20.7 Å². The number of benzene rings is 3. The summed E-state index contributed by atoms with van der Waals surface area (Å²) in [4.78, 5) is 41.6. The number of hydrogen-bond acceptors (Lipinski definition) is 11. The summed E-state index contributed by atoms with van der Waals surface area (Å²) in [6, 6.07) is 17.6. The van der Waals surface area contributed by atoms with Crippen LogP contribution < -0.4 is 34.5 Å². The van der Waals surface area contributed by atoms with Gasteiger partial charge in [-0.25, -0.2) is 28.2 Å². The van der Waals surface area contributed by atoms with Crippen LogP contribution in [0.2, 0.25) is 0 Å². The van der Waals surface area contributed by atoms with Crippen LogP contribution in [0, 0.1) is 23.0 Å². The van der Waals surface area contributed by atoms with Gasteiger partial charge in [0.2, 0.25) is 0 Å². The van der Waals surface area contributed by atoms with Crippen molar-refractivity contribution in [2.24, 2.45) is 0 Å². The van der Waals surface area contributed by atoms with Crippen LogP contribution in [-0.2, 0) is 37.3 Å². The van der Waals surface area contributed by atoms with E-state index in [4.69, 9.17) is 24.6 Å². The number of phosphoric ester groups is 1. The Morgan fingerprint density at radius 2 is 1.96 bits per heavy atom. The molecular formula is C31H25F2N5NaO7PS. The molecule has 0 aliphatic heterocycles. The van der Waals surface area contributed by atoms with Crippen LogP contribution >= 0.6 is 19.2 Å². The second-order valence-electron chi connectivity index (χ2n) is 10.2. The summed E-state index contributed by atoms with van der Waals surface area (Å²) >= 11 is 1.27. The average Bonchev–Trinajstić information content (AvgIpc) is 3.76. The van der Waals surface area contributed by atoms with Gasteiger partial charge >= 0.3 is 35.5 Å². The summed E-state index contributed by atoms with van der Waals surface area (Å²) in [5.74, 6) is -3.33. The molecule has 0 amide bonds. The van der Waals surface area contributed by atoms with Gasteiger partial charge in [-0.15, -0.1) is 11.3 Å². The zero-order valence-electron chi connectivity index (χ0n) is 25.5. The van der Waals surface area contributed by atoms with E-state index in [1.165, 1.54) is 59.0 Å². The molecule has 5 rings (SSSR count). The Labute approximate surface area is 299 Å². The van der Waals surface area contributed by atoms with Crippen molar-refractivity contribution in [2.75, 3.05) is 6.79 Å². The van der Waals surface area contributed by atoms with Crippen molar-refractivity contribution >= 4 is 25.1 Å². The quantitative estimate of drug-likeness (QED) is 0.0824. The molecule has 5 aromatic rings. The molecule has 3 atom stereocenters. The first kappa shape index (κ1) is 37.1. The molecule has 0 aliphatic carbocycles. The zero-order chi connectivity index (χ0) is 33.6.